The molecule has 14 N–H and O–H groups in total. The third kappa shape index (κ3) is 13.5. The van der Waals surface area contributed by atoms with E-state index >= 15 is 0 Å². The second-order valence-corrected chi connectivity index (χ2v) is 12.9. The van der Waals surface area contributed by atoms with Crippen LogP contribution in [-0.2, 0) is 41.6 Å². The van der Waals surface area contributed by atoms with Crippen molar-refractivity contribution in [2.75, 3.05) is 26.8 Å². The molecule has 2 aromatic rings. The van der Waals surface area contributed by atoms with Crippen LogP contribution in [0, 0.1) is 19.8 Å². The Hall–Kier alpha value is -5.22. The number of methoxy groups -OCH3 is 1. The average molecular weight is 726 g/mol. The third-order valence-electron chi connectivity index (χ3n) is 8.89. The summed E-state index contributed by atoms with van der Waals surface area (Å²) >= 11 is 0. The molecule has 4 atom stereocenters. The Balaban J connectivity index is 2.51. The standard InChI is InChI=1S/C36H55N9O7/c1-22-18-25(46)19-23(2)26(22)21-29(44-32(49)28(37)12-9-16-43-35(40)41)33(50)45-36(34(39)51,14-7-8-15-42-30(47)13-17-52-3)27(31(38)48)20-24-10-5-4-6-11-24/h4-6,10-11,18-19,27-29,46H,7-9,12-17,20-21,37H2,1-3H3,(H2,38,48)(H2,39,51)(H,42,47)(H,44,49)(H,45,50)(H4,40,41,43)/t27-,28-,29+,36?/m1/s1. The predicted molar refractivity (Wildman–Crippen MR) is 197 cm³/mol. The molecule has 0 aliphatic carbocycles. The smallest absolute Gasteiger partial charge is 0.244 e. The first kappa shape index (κ1) is 42.9. The molecule has 52 heavy (non-hydrogen) atoms. The van der Waals surface area contributed by atoms with Gasteiger partial charge in [-0.2, -0.15) is 0 Å². The van der Waals surface area contributed by atoms with E-state index in [1.165, 1.54) is 19.2 Å². The zero-order valence-electron chi connectivity index (χ0n) is 30.3. The van der Waals surface area contributed by atoms with E-state index in [9.17, 15) is 29.1 Å². The highest BCUT2D eigenvalue weighted by Crippen LogP contribution is 2.29. The molecule has 0 heterocycles. The molecule has 0 saturated carbocycles. The number of ether oxygens (including phenoxy) is 1. The molecule has 0 radical (unpaired) electrons. The number of aliphatic imine (C=N–C) groups is 1. The van der Waals surface area contributed by atoms with Crippen molar-refractivity contribution in [1.82, 2.24) is 16.0 Å². The largest absolute Gasteiger partial charge is 0.508 e. The van der Waals surface area contributed by atoms with Crippen LogP contribution in [0.15, 0.2) is 47.5 Å². The van der Waals surface area contributed by atoms with Gasteiger partial charge in [0.2, 0.25) is 29.5 Å². The quantitative estimate of drug-likeness (QED) is 0.0399. The normalized spacial score (nSPS) is 13.8. The van der Waals surface area contributed by atoms with Gasteiger partial charge in [0.05, 0.1) is 18.6 Å². The summed E-state index contributed by atoms with van der Waals surface area (Å²) in [6.45, 7) is 4.25. The van der Waals surface area contributed by atoms with Gasteiger partial charge >= 0.3 is 0 Å². The van der Waals surface area contributed by atoms with E-state index in [1.807, 2.05) is 0 Å². The number of hydrogen-bond donors (Lipinski definition) is 9. The summed E-state index contributed by atoms with van der Waals surface area (Å²) in [4.78, 5) is 70.6. The molecule has 16 nitrogen and oxygen atoms in total. The number of guanidine groups is 1. The SMILES string of the molecule is COCCC(=O)NCCCCC(NC(=O)[C@H](Cc1c(C)cc(O)cc1C)NC(=O)[C@H](N)CCCN=C(N)N)(C(N)=O)[C@H](Cc1ccccc1)C(N)=O. The molecule has 0 aromatic heterocycles. The molecule has 2 rings (SSSR count). The predicted octanol–water partition coefficient (Wildman–Crippen LogP) is -0.575. The van der Waals surface area contributed by atoms with Gasteiger partial charge in [-0.15, -0.1) is 0 Å². The first-order chi connectivity index (χ1) is 24.6. The van der Waals surface area contributed by atoms with Crippen LogP contribution in [-0.4, -0.2) is 85.0 Å². The van der Waals surface area contributed by atoms with Gasteiger partial charge in [-0.05, 0) is 86.8 Å². The Labute approximate surface area is 304 Å². The fourth-order valence-electron chi connectivity index (χ4n) is 6.03. The minimum Gasteiger partial charge on any atom is -0.508 e. The Morgan fingerprint density at radius 1 is 0.923 bits per heavy atom. The lowest BCUT2D eigenvalue weighted by Gasteiger charge is -2.39. The summed E-state index contributed by atoms with van der Waals surface area (Å²) in [5.74, 6) is -4.91. The zero-order valence-corrected chi connectivity index (χ0v) is 30.3. The van der Waals surface area contributed by atoms with Gasteiger partial charge in [0.1, 0.15) is 17.3 Å². The van der Waals surface area contributed by atoms with Crippen molar-refractivity contribution in [3.63, 3.8) is 0 Å². The minimum absolute atomic E-state index is 0.0268. The van der Waals surface area contributed by atoms with Gasteiger partial charge in [-0.1, -0.05) is 30.3 Å². The van der Waals surface area contributed by atoms with E-state index in [2.05, 4.69) is 20.9 Å². The van der Waals surface area contributed by atoms with Crippen LogP contribution in [0.4, 0.5) is 0 Å². The van der Waals surface area contributed by atoms with E-state index in [1.54, 1.807) is 44.2 Å². The van der Waals surface area contributed by atoms with Gasteiger partial charge in [0, 0.05) is 33.0 Å². The summed E-state index contributed by atoms with van der Waals surface area (Å²) in [5.41, 5.74) is 29.6. The number of amides is 5. The number of hydrogen-bond acceptors (Lipinski definition) is 9. The van der Waals surface area contributed by atoms with Gasteiger partial charge in [-0.3, -0.25) is 29.0 Å². The fraction of sp³-hybridized carbons (Fsp3) is 0.500. The Morgan fingerprint density at radius 3 is 2.15 bits per heavy atom. The van der Waals surface area contributed by atoms with Crippen LogP contribution < -0.4 is 44.6 Å². The number of rotatable bonds is 23. The molecule has 286 valence electrons. The van der Waals surface area contributed by atoms with Crippen LogP contribution in [0.3, 0.4) is 0 Å². The number of benzene rings is 2. The summed E-state index contributed by atoms with van der Waals surface area (Å²) in [7, 11) is 1.49. The lowest BCUT2D eigenvalue weighted by Crippen LogP contribution is -2.67. The Kier molecular flexibility index (Phi) is 17.5. The zero-order chi connectivity index (χ0) is 38.8. The lowest BCUT2D eigenvalue weighted by molar-refractivity contribution is -0.140. The highest BCUT2D eigenvalue weighted by Gasteiger charge is 2.49. The van der Waals surface area contributed by atoms with Crippen LogP contribution in [0.1, 0.15) is 60.8 Å². The molecule has 0 aliphatic rings. The first-order valence-electron chi connectivity index (χ1n) is 17.2. The molecule has 0 aliphatic heterocycles. The maximum Gasteiger partial charge on any atom is 0.244 e. The summed E-state index contributed by atoms with van der Waals surface area (Å²) in [6, 6.07) is 9.54. The maximum atomic E-state index is 14.4. The highest BCUT2D eigenvalue weighted by molar-refractivity contribution is 5.98. The van der Waals surface area contributed by atoms with Crippen molar-refractivity contribution < 1.29 is 33.8 Å². The van der Waals surface area contributed by atoms with E-state index in [4.69, 9.17) is 33.4 Å². The van der Waals surface area contributed by atoms with Crippen LogP contribution in [0.25, 0.3) is 0 Å². The number of nitrogens with two attached hydrogens (primary N) is 5. The number of phenols is 1. The number of carbonyl (C=O) groups excluding carboxylic acids is 5. The maximum absolute atomic E-state index is 14.4. The summed E-state index contributed by atoms with van der Waals surface area (Å²) < 4.78 is 4.93. The van der Waals surface area contributed by atoms with Gasteiger partial charge in [-0.25, -0.2) is 0 Å². The molecule has 2 aromatic carbocycles. The second-order valence-electron chi connectivity index (χ2n) is 12.9. The Morgan fingerprint density at radius 2 is 1.58 bits per heavy atom. The third-order valence-corrected chi connectivity index (χ3v) is 8.89. The fourth-order valence-corrected chi connectivity index (χ4v) is 6.03. The van der Waals surface area contributed by atoms with Crippen LogP contribution in [0.5, 0.6) is 5.75 Å². The number of unbranched alkanes of at least 4 members (excludes halogenated alkanes) is 1. The molecule has 5 amide bonds. The van der Waals surface area contributed by atoms with E-state index in [-0.39, 0.29) is 75.8 Å². The molecule has 0 spiro atoms. The van der Waals surface area contributed by atoms with Crippen molar-refractivity contribution in [3.8, 4) is 5.75 Å². The minimum atomic E-state index is -2.00. The number of primary amides is 2. The van der Waals surface area contributed by atoms with Crippen molar-refractivity contribution in [1.29, 1.82) is 0 Å². The topological polar surface area (TPSA) is 293 Å². The molecular weight excluding hydrogens is 670 g/mol. The first-order valence-corrected chi connectivity index (χ1v) is 17.2. The van der Waals surface area contributed by atoms with Crippen molar-refractivity contribution >= 4 is 35.5 Å². The van der Waals surface area contributed by atoms with Crippen molar-refractivity contribution in [3.05, 3.63) is 64.7 Å². The van der Waals surface area contributed by atoms with Gasteiger partial charge < -0.3 is 54.5 Å². The van der Waals surface area contributed by atoms with Crippen molar-refractivity contribution in [2.45, 2.75) is 82.8 Å². The molecule has 0 fully saturated rings. The molecule has 1 unspecified atom stereocenters. The molecule has 16 heteroatoms. The lowest BCUT2D eigenvalue weighted by atomic mass is 9.75. The monoisotopic (exact) mass is 725 g/mol. The van der Waals surface area contributed by atoms with Crippen LogP contribution in [0.2, 0.25) is 0 Å². The van der Waals surface area contributed by atoms with E-state index in [0.717, 1.165) is 0 Å². The molecular formula is C36H55N9O7. The van der Waals surface area contributed by atoms with Crippen molar-refractivity contribution in [2.24, 2.45) is 39.6 Å². The highest BCUT2D eigenvalue weighted by atomic mass is 16.5. The number of nitrogens with one attached hydrogen (secondary N) is 3. The summed E-state index contributed by atoms with van der Waals surface area (Å²) in [5, 5.41) is 18.4. The number of aromatic hydroxyl groups is 1. The molecule has 0 bridgehead atoms. The average Bonchev–Trinajstić information content (AvgIpc) is 3.08. The van der Waals surface area contributed by atoms with Gasteiger partial charge in [0.15, 0.2) is 5.96 Å². The number of aryl methyl sites for hydroxylation is 2. The second kappa shape index (κ2) is 21.2. The van der Waals surface area contributed by atoms with E-state index in [0.29, 0.717) is 35.1 Å². The van der Waals surface area contributed by atoms with E-state index < -0.39 is 47.2 Å². The number of carbonyl (C=O) groups is 5. The van der Waals surface area contributed by atoms with Gasteiger partial charge in [0.25, 0.3) is 0 Å². The molecule has 0 saturated heterocycles. The number of phenolic OH excluding ortho intramolecular Hbond substituents is 1. The van der Waals surface area contributed by atoms with Crippen LogP contribution >= 0.6 is 0 Å². The Bertz CT molecular complexity index is 1530. The summed E-state index contributed by atoms with van der Waals surface area (Å²) in [6.07, 6.45) is 1.19. The number of nitrogens with zero attached hydrogens (tertiary/aromatic N) is 1.